The number of rotatable bonds is 2. The van der Waals surface area contributed by atoms with Crippen molar-refractivity contribution in [2.24, 2.45) is 0 Å². The summed E-state index contributed by atoms with van der Waals surface area (Å²) in [6, 6.07) is 7.67. The molecule has 0 aromatic heterocycles. The predicted molar refractivity (Wildman–Crippen MR) is 58.8 cm³/mol. The third-order valence-electron chi connectivity index (χ3n) is 2.70. The Bertz CT molecular complexity index is 481. The molecule has 4 nitrogen and oxygen atoms in total. The molecule has 3 rings (SSSR count). The number of nitrogens with zero attached hydrogens (tertiary/aromatic N) is 1. The van der Waals surface area contributed by atoms with Gasteiger partial charge in [0.1, 0.15) is 0 Å². The van der Waals surface area contributed by atoms with E-state index in [1.54, 1.807) is 4.90 Å². The standard InChI is InChI=1S/C12H11NO3/c1-2-15-11-10-7-8-5-3-4-6-9(8)13(11)12(14)16-10/h3-7,11H,2H2,1H3. The second-order valence-corrected chi connectivity index (χ2v) is 3.65. The summed E-state index contributed by atoms with van der Waals surface area (Å²) in [6.07, 6.45) is 1.10. The van der Waals surface area contributed by atoms with E-state index in [1.807, 2.05) is 37.3 Å². The summed E-state index contributed by atoms with van der Waals surface area (Å²) in [5.41, 5.74) is 1.83. The number of ether oxygens (including phenoxy) is 2. The van der Waals surface area contributed by atoms with Crippen molar-refractivity contribution in [2.45, 2.75) is 13.2 Å². The van der Waals surface area contributed by atoms with Crippen molar-refractivity contribution in [3.8, 4) is 0 Å². The Balaban J connectivity index is 2.12. The SMILES string of the molecule is CCOC1C2=Cc3ccccc3N1C(=O)O2. The molecule has 16 heavy (non-hydrogen) atoms. The molecule has 0 spiro atoms. The maximum atomic E-state index is 11.7. The lowest BCUT2D eigenvalue weighted by molar-refractivity contribution is 0.0859. The number of carbonyl (C=O) groups is 1. The predicted octanol–water partition coefficient (Wildman–Crippen LogP) is 2.36. The number of hydrogen-bond donors (Lipinski definition) is 0. The largest absolute Gasteiger partial charge is 0.422 e. The van der Waals surface area contributed by atoms with Crippen molar-refractivity contribution in [2.75, 3.05) is 11.5 Å². The number of benzene rings is 1. The van der Waals surface area contributed by atoms with Crippen LogP contribution in [-0.4, -0.2) is 18.9 Å². The first-order valence-corrected chi connectivity index (χ1v) is 5.24. The molecular weight excluding hydrogens is 206 g/mol. The van der Waals surface area contributed by atoms with Gasteiger partial charge in [0, 0.05) is 12.2 Å². The topological polar surface area (TPSA) is 38.8 Å². The second kappa shape index (κ2) is 3.35. The summed E-state index contributed by atoms with van der Waals surface area (Å²) in [5, 5.41) is 0. The molecule has 1 aromatic carbocycles. The first-order chi connectivity index (χ1) is 7.81. The van der Waals surface area contributed by atoms with E-state index < -0.39 is 6.23 Å². The van der Waals surface area contributed by atoms with Crippen molar-refractivity contribution in [3.63, 3.8) is 0 Å². The molecule has 4 heteroatoms. The van der Waals surface area contributed by atoms with Crippen LogP contribution >= 0.6 is 0 Å². The minimum Gasteiger partial charge on any atom is -0.409 e. The highest BCUT2D eigenvalue weighted by atomic mass is 16.6. The molecule has 2 aliphatic rings. The zero-order valence-electron chi connectivity index (χ0n) is 8.84. The lowest BCUT2D eigenvalue weighted by Gasteiger charge is -2.25. The highest BCUT2D eigenvalue weighted by molar-refractivity contribution is 5.98. The fraction of sp³-hybridized carbons (Fsp3) is 0.250. The van der Waals surface area contributed by atoms with Crippen LogP contribution in [0.3, 0.4) is 0 Å². The smallest absolute Gasteiger partial charge is 0.409 e. The first kappa shape index (κ1) is 9.42. The number of para-hydroxylation sites is 1. The normalized spacial score (nSPS) is 21.6. The Morgan fingerprint density at radius 1 is 1.44 bits per heavy atom. The molecule has 2 aliphatic heterocycles. The van der Waals surface area contributed by atoms with Gasteiger partial charge in [-0.2, -0.15) is 0 Å². The molecular formula is C12H11NO3. The van der Waals surface area contributed by atoms with Gasteiger partial charge in [0.15, 0.2) is 12.0 Å². The molecule has 1 atom stereocenters. The number of anilines is 1. The van der Waals surface area contributed by atoms with Gasteiger partial charge in [0.05, 0.1) is 5.69 Å². The number of fused-ring (bicyclic) bond motifs is 4. The summed E-state index contributed by atoms with van der Waals surface area (Å²) in [7, 11) is 0. The third kappa shape index (κ3) is 1.17. The molecule has 82 valence electrons. The second-order valence-electron chi connectivity index (χ2n) is 3.65. The molecule has 1 unspecified atom stereocenters. The van der Waals surface area contributed by atoms with Gasteiger partial charge in [-0.05, 0) is 19.1 Å². The molecule has 0 N–H and O–H groups in total. The fourth-order valence-electron chi connectivity index (χ4n) is 2.05. The van der Waals surface area contributed by atoms with Crippen LogP contribution in [0, 0.1) is 0 Å². The zero-order chi connectivity index (χ0) is 11.1. The van der Waals surface area contributed by atoms with Gasteiger partial charge in [-0.3, -0.25) is 0 Å². The van der Waals surface area contributed by atoms with Gasteiger partial charge in [-0.1, -0.05) is 18.2 Å². The minimum absolute atomic E-state index is 0.366. The highest BCUT2D eigenvalue weighted by Gasteiger charge is 2.43. The van der Waals surface area contributed by atoms with E-state index in [9.17, 15) is 4.79 Å². The Hall–Kier alpha value is -1.81. The van der Waals surface area contributed by atoms with Gasteiger partial charge in [-0.15, -0.1) is 0 Å². The van der Waals surface area contributed by atoms with Crippen LogP contribution < -0.4 is 4.90 Å². The van der Waals surface area contributed by atoms with Gasteiger partial charge >= 0.3 is 6.09 Å². The third-order valence-corrected chi connectivity index (χ3v) is 2.70. The average Bonchev–Trinajstić information content (AvgIpc) is 2.50. The Labute approximate surface area is 93.1 Å². The molecule has 1 amide bonds. The maximum Gasteiger partial charge on any atom is 0.422 e. The van der Waals surface area contributed by atoms with Gasteiger partial charge in [0.25, 0.3) is 0 Å². The lowest BCUT2D eigenvalue weighted by Crippen LogP contribution is -2.36. The molecule has 1 fully saturated rings. The first-order valence-electron chi connectivity index (χ1n) is 5.24. The Morgan fingerprint density at radius 2 is 2.25 bits per heavy atom. The monoisotopic (exact) mass is 217 g/mol. The van der Waals surface area contributed by atoms with Gasteiger partial charge in [0.2, 0.25) is 0 Å². The molecule has 2 heterocycles. The molecule has 0 radical (unpaired) electrons. The van der Waals surface area contributed by atoms with E-state index in [-0.39, 0.29) is 6.09 Å². The highest BCUT2D eigenvalue weighted by Crippen LogP contribution is 2.38. The van der Waals surface area contributed by atoms with Crippen molar-refractivity contribution in [1.29, 1.82) is 0 Å². The van der Waals surface area contributed by atoms with Crippen molar-refractivity contribution < 1.29 is 14.3 Å². The van der Waals surface area contributed by atoms with E-state index in [1.165, 1.54) is 0 Å². The summed E-state index contributed by atoms with van der Waals surface area (Å²) in [6.45, 7) is 2.43. The Kier molecular flexibility index (Phi) is 1.97. The minimum atomic E-state index is -0.396. The maximum absolute atomic E-state index is 11.7. The van der Waals surface area contributed by atoms with Crippen LogP contribution in [0.4, 0.5) is 10.5 Å². The van der Waals surface area contributed by atoms with Crippen LogP contribution in [0.5, 0.6) is 0 Å². The quantitative estimate of drug-likeness (QED) is 0.763. The van der Waals surface area contributed by atoms with Gasteiger partial charge < -0.3 is 9.47 Å². The van der Waals surface area contributed by atoms with E-state index in [0.29, 0.717) is 12.4 Å². The van der Waals surface area contributed by atoms with Crippen molar-refractivity contribution in [1.82, 2.24) is 0 Å². The summed E-state index contributed by atoms with van der Waals surface area (Å²) in [5.74, 6) is 0.575. The van der Waals surface area contributed by atoms with Crippen LogP contribution in [0.2, 0.25) is 0 Å². The lowest BCUT2D eigenvalue weighted by atomic mass is 10.1. The van der Waals surface area contributed by atoms with Gasteiger partial charge in [-0.25, -0.2) is 9.69 Å². The molecule has 1 aromatic rings. The zero-order valence-corrected chi connectivity index (χ0v) is 8.84. The van der Waals surface area contributed by atoms with E-state index in [4.69, 9.17) is 9.47 Å². The summed E-state index contributed by atoms with van der Waals surface area (Å²) >= 11 is 0. The van der Waals surface area contributed by atoms with Crippen molar-refractivity contribution >= 4 is 17.9 Å². The van der Waals surface area contributed by atoms with E-state index in [0.717, 1.165) is 11.3 Å². The molecule has 0 aliphatic carbocycles. The number of amides is 1. The average molecular weight is 217 g/mol. The van der Waals surface area contributed by atoms with Crippen LogP contribution in [0.15, 0.2) is 30.0 Å². The van der Waals surface area contributed by atoms with Crippen LogP contribution in [-0.2, 0) is 9.47 Å². The molecule has 0 saturated carbocycles. The van der Waals surface area contributed by atoms with E-state index in [2.05, 4.69) is 0 Å². The number of carbonyl (C=O) groups excluding carboxylic acids is 1. The molecule has 2 bridgehead atoms. The summed E-state index contributed by atoms with van der Waals surface area (Å²) in [4.78, 5) is 13.2. The van der Waals surface area contributed by atoms with E-state index >= 15 is 0 Å². The molecule has 1 saturated heterocycles. The fourth-order valence-corrected chi connectivity index (χ4v) is 2.05. The Morgan fingerprint density at radius 3 is 3.06 bits per heavy atom. The van der Waals surface area contributed by atoms with Crippen molar-refractivity contribution in [3.05, 3.63) is 35.6 Å². The van der Waals surface area contributed by atoms with Crippen LogP contribution in [0.25, 0.3) is 6.08 Å². The number of hydrogen-bond acceptors (Lipinski definition) is 3. The van der Waals surface area contributed by atoms with Crippen LogP contribution in [0.1, 0.15) is 12.5 Å². The summed E-state index contributed by atoms with van der Waals surface area (Å²) < 4.78 is 10.7.